The number of carboxylic acid groups (broad SMARTS) is 1. The standard InChI is InChI=1S/C37H47F3N6O9S/c1-20-10-6-7-11-22-18-36(22,33(49)44-56(52,53)24-14-15-24)41-29(47)27-17-23(55-31-26-13-9-8-12-25(26)30(54-5)42-43-31)19-45(27)32(48)28(21(2)16-20)46(34(50)51)35(3,4)37(38,39)40/h7-9,11-13,20-24,27-28H,6,10,14-19H2,1-5H3,(H,41,47)(H,44,49)(H,50,51)/t20-,21+,22+,23+,27-,28-,36+/m0/s1. The van der Waals surface area contributed by atoms with Crippen LogP contribution in [0.3, 0.4) is 0 Å². The van der Waals surface area contributed by atoms with Crippen LogP contribution in [-0.2, 0) is 24.4 Å². The van der Waals surface area contributed by atoms with Gasteiger partial charge in [-0.05, 0) is 76.3 Å². The van der Waals surface area contributed by atoms with Gasteiger partial charge in [0.1, 0.15) is 29.3 Å². The van der Waals surface area contributed by atoms with Gasteiger partial charge in [-0.15, -0.1) is 10.2 Å². The van der Waals surface area contributed by atoms with E-state index < -0.39 is 86.4 Å². The van der Waals surface area contributed by atoms with Crippen LogP contribution < -0.4 is 19.5 Å². The van der Waals surface area contributed by atoms with E-state index in [2.05, 4.69) is 20.2 Å². The molecule has 15 nitrogen and oxygen atoms in total. The first-order chi connectivity index (χ1) is 26.2. The topological polar surface area (TPSA) is 197 Å². The maximum atomic E-state index is 14.9. The predicted octanol–water partition coefficient (Wildman–Crippen LogP) is 4.17. The Morgan fingerprint density at radius 2 is 1.70 bits per heavy atom. The molecule has 0 bridgehead atoms. The Morgan fingerprint density at radius 1 is 1.05 bits per heavy atom. The Hall–Kier alpha value is -4.68. The number of aromatic nitrogens is 2. The predicted molar refractivity (Wildman–Crippen MR) is 195 cm³/mol. The number of methoxy groups -OCH3 is 1. The van der Waals surface area contributed by atoms with E-state index in [1.165, 1.54) is 14.0 Å². The van der Waals surface area contributed by atoms with Gasteiger partial charge in [-0.1, -0.05) is 38.1 Å². The van der Waals surface area contributed by atoms with Crippen LogP contribution in [-0.4, -0.2) is 112 Å². The highest BCUT2D eigenvalue weighted by Crippen LogP contribution is 2.47. The number of allylic oxidation sites excluding steroid dienone is 1. The summed E-state index contributed by atoms with van der Waals surface area (Å²) in [6.07, 6.45) is -2.85. The van der Waals surface area contributed by atoms with Crippen molar-refractivity contribution in [1.29, 1.82) is 0 Å². The van der Waals surface area contributed by atoms with Gasteiger partial charge in [-0.3, -0.25) is 24.0 Å². The highest BCUT2D eigenvalue weighted by molar-refractivity contribution is 7.91. The zero-order chi connectivity index (χ0) is 41.0. The molecule has 6 rings (SSSR count). The van der Waals surface area contributed by atoms with Crippen LogP contribution in [0.2, 0.25) is 0 Å². The van der Waals surface area contributed by atoms with E-state index in [4.69, 9.17) is 9.47 Å². The molecule has 1 aromatic heterocycles. The third kappa shape index (κ3) is 7.82. The summed E-state index contributed by atoms with van der Waals surface area (Å²) in [4.78, 5) is 57.2. The summed E-state index contributed by atoms with van der Waals surface area (Å²) in [5, 5.41) is 21.6. The molecule has 0 radical (unpaired) electrons. The molecule has 3 N–H and O–H groups in total. The number of hydrogen-bond donors (Lipinski definition) is 3. The lowest BCUT2D eigenvalue weighted by Gasteiger charge is -2.45. The molecule has 2 aliphatic carbocycles. The van der Waals surface area contributed by atoms with E-state index in [-0.39, 0.29) is 48.4 Å². The molecule has 7 atom stereocenters. The molecule has 2 saturated carbocycles. The number of halogens is 3. The number of rotatable bonds is 8. The Labute approximate surface area is 322 Å². The average molecular weight is 809 g/mol. The van der Waals surface area contributed by atoms with Gasteiger partial charge in [0.25, 0.3) is 5.91 Å². The van der Waals surface area contributed by atoms with Crippen LogP contribution >= 0.6 is 0 Å². The van der Waals surface area contributed by atoms with Crippen LogP contribution in [0.4, 0.5) is 18.0 Å². The summed E-state index contributed by atoms with van der Waals surface area (Å²) >= 11 is 0. The van der Waals surface area contributed by atoms with Crippen molar-refractivity contribution in [3.05, 3.63) is 36.4 Å². The van der Waals surface area contributed by atoms with Gasteiger partial charge in [-0.25, -0.2) is 13.2 Å². The molecule has 0 spiro atoms. The lowest BCUT2D eigenvalue weighted by Crippen LogP contribution is -2.66. The van der Waals surface area contributed by atoms with Crippen molar-refractivity contribution >= 4 is 44.6 Å². The molecule has 1 aromatic carbocycles. The fraction of sp³-hybridized carbons (Fsp3) is 0.622. The van der Waals surface area contributed by atoms with E-state index in [1.807, 2.05) is 6.92 Å². The summed E-state index contributed by atoms with van der Waals surface area (Å²) < 4.78 is 83.4. The highest BCUT2D eigenvalue weighted by Gasteiger charge is 2.63. The zero-order valence-corrected chi connectivity index (χ0v) is 32.5. The smallest absolute Gasteiger partial charge is 0.411 e. The first-order valence-corrected chi connectivity index (χ1v) is 20.2. The Bertz CT molecular complexity index is 2030. The zero-order valence-electron chi connectivity index (χ0n) is 31.7. The van der Waals surface area contributed by atoms with Gasteiger partial charge >= 0.3 is 12.3 Å². The number of carbonyl (C=O) groups is 4. The third-order valence-electron chi connectivity index (χ3n) is 11.4. The largest absolute Gasteiger partial charge is 0.479 e. The van der Waals surface area contributed by atoms with Crippen molar-refractivity contribution in [3.8, 4) is 11.8 Å². The molecule has 3 heterocycles. The highest BCUT2D eigenvalue weighted by atomic mass is 32.2. The fourth-order valence-electron chi connectivity index (χ4n) is 7.94. The van der Waals surface area contributed by atoms with E-state index in [0.717, 1.165) is 4.90 Å². The Balaban J connectivity index is 1.42. The number of nitrogens with zero attached hydrogens (tertiary/aromatic N) is 4. The second-order valence-electron chi connectivity index (χ2n) is 16.0. The third-order valence-corrected chi connectivity index (χ3v) is 13.3. The lowest BCUT2D eigenvalue weighted by atomic mass is 9.85. The molecule has 56 heavy (non-hydrogen) atoms. The van der Waals surface area contributed by atoms with Crippen LogP contribution in [0.5, 0.6) is 11.8 Å². The number of fused-ring (bicyclic) bond motifs is 3. The van der Waals surface area contributed by atoms with Gasteiger partial charge in [0, 0.05) is 12.3 Å². The minimum Gasteiger partial charge on any atom is -0.479 e. The maximum absolute atomic E-state index is 14.9. The molecule has 2 aliphatic heterocycles. The quantitative estimate of drug-likeness (QED) is 0.324. The number of amides is 4. The molecule has 3 fully saturated rings. The number of carbonyl (C=O) groups excluding carboxylic acids is 3. The lowest BCUT2D eigenvalue weighted by molar-refractivity contribution is -0.222. The molecule has 4 aliphatic rings. The molecule has 19 heteroatoms. The normalized spacial score (nSPS) is 29.0. The number of ether oxygens (including phenoxy) is 2. The molecule has 0 unspecified atom stereocenters. The molecule has 306 valence electrons. The molecular formula is C37H47F3N6O9S. The maximum Gasteiger partial charge on any atom is 0.411 e. The molecule has 1 saturated heterocycles. The summed E-state index contributed by atoms with van der Waals surface area (Å²) in [6, 6.07) is 3.48. The first kappa shape index (κ1) is 41.0. The van der Waals surface area contributed by atoms with E-state index in [0.29, 0.717) is 50.3 Å². The van der Waals surface area contributed by atoms with Gasteiger partial charge in [0.05, 0.1) is 29.7 Å². The first-order valence-electron chi connectivity index (χ1n) is 18.6. The van der Waals surface area contributed by atoms with Crippen molar-refractivity contribution in [3.63, 3.8) is 0 Å². The van der Waals surface area contributed by atoms with Crippen LogP contribution in [0, 0.1) is 17.8 Å². The van der Waals surface area contributed by atoms with Gasteiger partial charge in [0.2, 0.25) is 33.6 Å². The molecule has 4 amide bonds. The average Bonchev–Trinajstić information content (AvgIpc) is 4.04. The SMILES string of the molecule is COc1nnc(O[C@@H]2C[C@H]3C(=O)N[C@]4(C(=O)NS(=O)(=O)C5CC5)C[C@H]4C=CCC[C@H](C)C[C@@H](C)[C@H](N(C(=O)O)C(C)(C)C(F)(F)F)C(=O)N3C2)c2ccccc12. The molecule has 2 aromatic rings. The fourth-order valence-corrected chi connectivity index (χ4v) is 9.30. The van der Waals surface area contributed by atoms with E-state index in [1.54, 1.807) is 36.4 Å². The number of hydrogen-bond acceptors (Lipinski definition) is 10. The van der Waals surface area contributed by atoms with Gasteiger partial charge < -0.3 is 24.8 Å². The van der Waals surface area contributed by atoms with Crippen molar-refractivity contribution < 1.29 is 55.3 Å². The van der Waals surface area contributed by atoms with Crippen molar-refractivity contribution in [2.24, 2.45) is 17.8 Å². The molecular weight excluding hydrogens is 762 g/mol. The number of benzene rings is 1. The monoisotopic (exact) mass is 808 g/mol. The van der Waals surface area contributed by atoms with Gasteiger partial charge in [0.15, 0.2) is 0 Å². The van der Waals surface area contributed by atoms with Crippen LogP contribution in [0.15, 0.2) is 36.4 Å². The summed E-state index contributed by atoms with van der Waals surface area (Å²) in [7, 11) is -2.61. The minimum absolute atomic E-state index is 0.0135. The summed E-state index contributed by atoms with van der Waals surface area (Å²) in [5.74, 6) is -4.42. The number of sulfonamides is 1. The second kappa shape index (κ2) is 15.0. The van der Waals surface area contributed by atoms with Gasteiger partial charge in [-0.2, -0.15) is 13.2 Å². The van der Waals surface area contributed by atoms with Crippen molar-refractivity contribution in [2.45, 2.75) is 113 Å². The van der Waals surface area contributed by atoms with Crippen molar-refractivity contribution in [2.75, 3.05) is 13.7 Å². The Morgan fingerprint density at radius 3 is 2.30 bits per heavy atom. The van der Waals surface area contributed by atoms with Crippen molar-refractivity contribution in [1.82, 2.24) is 30.0 Å². The second-order valence-corrected chi connectivity index (χ2v) is 17.9. The Kier molecular flexibility index (Phi) is 11.0. The van der Waals surface area contributed by atoms with Crippen LogP contribution in [0.25, 0.3) is 10.8 Å². The van der Waals surface area contributed by atoms with E-state index >= 15 is 0 Å². The van der Waals surface area contributed by atoms with E-state index in [9.17, 15) is 45.9 Å². The summed E-state index contributed by atoms with van der Waals surface area (Å²) in [6.45, 7) is 4.35. The minimum atomic E-state index is -5.10. The van der Waals surface area contributed by atoms with Crippen LogP contribution in [0.1, 0.15) is 72.6 Å². The number of nitrogens with one attached hydrogen (secondary N) is 2. The summed E-state index contributed by atoms with van der Waals surface area (Å²) in [5.41, 5.74) is -4.74. The number of alkyl halides is 3.